The molecule has 0 bridgehead atoms. The number of Topliss-reactive ketones (excluding diaryl/α,β-unsaturated/α-hetero) is 1. The van der Waals surface area contributed by atoms with Gasteiger partial charge in [0.25, 0.3) is 0 Å². The standard InChI is InChI=1S/C20H38N4O4/c1-12(2)18(26)16(11-22)23-20(28)17(13(3)25)24-19(27)15(9-10-21)14-7-5-4-6-8-14/h12-17,25H,4-11,21-22H2,1-3H3,(H,23,28)(H,24,27)/t13-,15?,16-,17-/m0/s1. The number of aliphatic hydroxyl groups is 1. The molecule has 0 spiro atoms. The molecule has 1 aliphatic carbocycles. The van der Waals surface area contributed by atoms with Crippen molar-refractivity contribution in [2.24, 2.45) is 29.2 Å². The van der Waals surface area contributed by atoms with Crippen molar-refractivity contribution in [2.75, 3.05) is 13.1 Å². The first kappa shape index (κ1) is 24.5. The molecule has 1 saturated carbocycles. The van der Waals surface area contributed by atoms with E-state index in [1.165, 1.54) is 13.3 Å². The molecule has 0 heterocycles. The van der Waals surface area contributed by atoms with Crippen molar-refractivity contribution in [3.63, 3.8) is 0 Å². The summed E-state index contributed by atoms with van der Waals surface area (Å²) in [6, 6.07) is -1.99. The van der Waals surface area contributed by atoms with Crippen LogP contribution in [-0.4, -0.2) is 54.0 Å². The Morgan fingerprint density at radius 2 is 1.61 bits per heavy atom. The highest BCUT2D eigenvalue weighted by Gasteiger charge is 2.34. The van der Waals surface area contributed by atoms with E-state index >= 15 is 0 Å². The molecule has 1 fully saturated rings. The average Bonchev–Trinajstić information content (AvgIpc) is 2.67. The maximum Gasteiger partial charge on any atom is 0.245 e. The van der Waals surface area contributed by atoms with E-state index in [1.807, 2.05) is 0 Å². The number of ketones is 1. The molecule has 1 rings (SSSR count). The number of rotatable bonds is 11. The van der Waals surface area contributed by atoms with E-state index in [1.54, 1.807) is 13.8 Å². The summed E-state index contributed by atoms with van der Waals surface area (Å²) in [5.41, 5.74) is 11.3. The van der Waals surface area contributed by atoms with Crippen LogP contribution >= 0.6 is 0 Å². The summed E-state index contributed by atoms with van der Waals surface area (Å²) in [5.74, 6) is -1.37. The lowest BCUT2D eigenvalue weighted by atomic mass is 9.78. The Hall–Kier alpha value is -1.51. The van der Waals surface area contributed by atoms with Crippen molar-refractivity contribution >= 4 is 17.6 Å². The third-order valence-corrected chi connectivity index (χ3v) is 5.56. The van der Waals surface area contributed by atoms with Gasteiger partial charge in [0.2, 0.25) is 11.8 Å². The van der Waals surface area contributed by atoms with E-state index in [9.17, 15) is 19.5 Å². The summed E-state index contributed by atoms with van der Waals surface area (Å²) in [6.07, 6.45) is 4.74. The van der Waals surface area contributed by atoms with Gasteiger partial charge in [-0.25, -0.2) is 0 Å². The van der Waals surface area contributed by atoms with Gasteiger partial charge in [-0.05, 0) is 38.6 Å². The number of hydrogen-bond acceptors (Lipinski definition) is 6. The number of carbonyl (C=O) groups excluding carboxylic acids is 3. The van der Waals surface area contributed by atoms with Crippen molar-refractivity contribution in [3.05, 3.63) is 0 Å². The Morgan fingerprint density at radius 3 is 2.07 bits per heavy atom. The lowest BCUT2D eigenvalue weighted by molar-refractivity contribution is -0.136. The zero-order valence-corrected chi connectivity index (χ0v) is 17.4. The minimum absolute atomic E-state index is 0.0406. The molecule has 1 aliphatic rings. The summed E-state index contributed by atoms with van der Waals surface area (Å²) < 4.78 is 0. The Balaban J connectivity index is 2.84. The van der Waals surface area contributed by atoms with Gasteiger partial charge in [-0.2, -0.15) is 0 Å². The van der Waals surface area contributed by atoms with Gasteiger partial charge in [-0.1, -0.05) is 33.1 Å². The van der Waals surface area contributed by atoms with Crippen LogP contribution in [0, 0.1) is 17.8 Å². The molecule has 8 heteroatoms. The van der Waals surface area contributed by atoms with E-state index < -0.39 is 24.1 Å². The predicted molar refractivity (Wildman–Crippen MR) is 108 cm³/mol. The van der Waals surface area contributed by atoms with Crippen molar-refractivity contribution in [3.8, 4) is 0 Å². The minimum atomic E-state index is -1.15. The predicted octanol–water partition coefficient (Wildman–Crippen LogP) is 0.0659. The van der Waals surface area contributed by atoms with Gasteiger partial charge in [-0.15, -0.1) is 0 Å². The highest BCUT2D eigenvalue weighted by Crippen LogP contribution is 2.31. The number of nitrogens with one attached hydrogen (secondary N) is 2. The molecular formula is C20H38N4O4. The zero-order valence-electron chi connectivity index (χ0n) is 17.4. The Labute approximate surface area is 168 Å². The van der Waals surface area contributed by atoms with Crippen molar-refractivity contribution in [1.29, 1.82) is 0 Å². The highest BCUT2D eigenvalue weighted by atomic mass is 16.3. The van der Waals surface area contributed by atoms with Crippen LogP contribution in [0.3, 0.4) is 0 Å². The topological polar surface area (TPSA) is 148 Å². The Morgan fingerprint density at radius 1 is 1.00 bits per heavy atom. The quantitative estimate of drug-likeness (QED) is 0.332. The van der Waals surface area contributed by atoms with Crippen molar-refractivity contribution in [1.82, 2.24) is 10.6 Å². The largest absolute Gasteiger partial charge is 0.391 e. The molecule has 0 aromatic rings. The minimum Gasteiger partial charge on any atom is -0.391 e. The first-order valence-electron chi connectivity index (χ1n) is 10.5. The van der Waals surface area contributed by atoms with Crippen molar-refractivity contribution in [2.45, 2.75) is 77.5 Å². The zero-order chi connectivity index (χ0) is 21.3. The fourth-order valence-corrected chi connectivity index (χ4v) is 3.87. The normalized spacial score (nSPS) is 19.5. The number of aliphatic hydroxyl groups excluding tert-OH is 1. The summed E-state index contributed by atoms with van der Waals surface area (Å²) in [5, 5.41) is 15.3. The van der Waals surface area contributed by atoms with E-state index in [-0.39, 0.29) is 36.0 Å². The molecule has 7 N–H and O–H groups in total. The number of nitrogens with two attached hydrogens (primary N) is 2. The molecule has 28 heavy (non-hydrogen) atoms. The highest BCUT2D eigenvalue weighted by molar-refractivity contribution is 5.94. The molecular weight excluding hydrogens is 360 g/mol. The van der Waals surface area contributed by atoms with Crippen LogP contribution < -0.4 is 22.1 Å². The lowest BCUT2D eigenvalue weighted by Crippen LogP contribution is -2.58. The van der Waals surface area contributed by atoms with Crippen LogP contribution in [0.5, 0.6) is 0 Å². The van der Waals surface area contributed by atoms with E-state index in [4.69, 9.17) is 11.5 Å². The van der Waals surface area contributed by atoms with Crippen molar-refractivity contribution < 1.29 is 19.5 Å². The summed E-state index contributed by atoms with van der Waals surface area (Å²) in [6.45, 7) is 5.24. The third-order valence-electron chi connectivity index (χ3n) is 5.56. The smallest absolute Gasteiger partial charge is 0.245 e. The van der Waals surface area contributed by atoms with Gasteiger partial charge >= 0.3 is 0 Å². The molecule has 162 valence electrons. The second-order valence-corrected chi connectivity index (χ2v) is 8.16. The van der Waals surface area contributed by atoms with E-state index in [0.29, 0.717) is 13.0 Å². The molecule has 0 aliphatic heterocycles. The lowest BCUT2D eigenvalue weighted by Gasteiger charge is -2.31. The molecule has 4 atom stereocenters. The van der Waals surface area contributed by atoms with Crippen LogP contribution in [0.2, 0.25) is 0 Å². The van der Waals surface area contributed by atoms with Crippen LogP contribution in [0.1, 0.15) is 59.3 Å². The SMILES string of the molecule is CC(C)C(=O)[C@H](CN)NC(=O)[C@@H](NC(=O)C(CCN)C1CCCCC1)[C@H](C)O. The molecule has 0 aromatic carbocycles. The monoisotopic (exact) mass is 398 g/mol. The molecule has 8 nitrogen and oxygen atoms in total. The average molecular weight is 399 g/mol. The maximum absolute atomic E-state index is 12.9. The fraction of sp³-hybridized carbons (Fsp3) is 0.850. The number of hydrogen-bond donors (Lipinski definition) is 5. The molecule has 2 amide bonds. The fourth-order valence-electron chi connectivity index (χ4n) is 3.87. The number of carbonyl (C=O) groups is 3. The van der Waals surface area contributed by atoms with E-state index in [0.717, 1.165) is 25.7 Å². The first-order valence-corrected chi connectivity index (χ1v) is 10.5. The van der Waals surface area contributed by atoms with Crippen LogP contribution in [0.25, 0.3) is 0 Å². The van der Waals surface area contributed by atoms with E-state index in [2.05, 4.69) is 10.6 Å². The maximum atomic E-state index is 12.9. The molecule has 1 unspecified atom stereocenters. The van der Waals surface area contributed by atoms with Gasteiger partial charge in [0, 0.05) is 18.4 Å². The van der Waals surface area contributed by atoms with Crippen LogP contribution in [0.15, 0.2) is 0 Å². The van der Waals surface area contributed by atoms with Gasteiger partial charge in [0.1, 0.15) is 6.04 Å². The summed E-state index contributed by atoms with van der Waals surface area (Å²) in [7, 11) is 0. The molecule has 0 saturated heterocycles. The molecule has 0 radical (unpaired) electrons. The van der Waals surface area contributed by atoms with Gasteiger partial charge in [-0.3, -0.25) is 14.4 Å². The number of amides is 2. The summed E-state index contributed by atoms with van der Waals surface area (Å²) >= 11 is 0. The first-order chi connectivity index (χ1) is 13.2. The third kappa shape index (κ3) is 7.14. The summed E-state index contributed by atoms with van der Waals surface area (Å²) in [4.78, 5) is 37.7. The molecule has 0 aromatic heterocycles. The van der Waals surface area contributed by atoms with Crippen LogP contribution in [-0.2, 0) is 14.4 Å². The van der Waals surface area contributed by atoms with Gasteiger partial charge < -0.3 is 27.2 Å². The van der Waals surface area contributed by atoms with Gasteiger partial charge in [0.15, 0.2) is 5.78 Å². The van der Waals surface area contributed by atoms with Crippen LogP contribution in [0.4, 0.5) is 0 Å². The second-order valence-electron chi connectivity index (χ2n) is 8.16. The Bertz CT molecular complexity index is 518. The Kier molecular flexibility index (Phi) is 10.6. The second kappa shape index (κ2) is 12.1. The van der Waals surface area contributed by atoms with Gasteiger partial charge in [0.05, 0.1) is 12.1 Å².